The number of hydrogen-bond donors (Lipinski definition) is 1. The molecule has 0 saturated carbocycles. The fraction of sp³-hybridized carbons (Fsp3) is 0.650. The minimum atomic E-state index is 0.0673. The predicted molar refractivity (Wildman–Crippen MR) is 197 cm³/mol. The van der Waals surface area contributed by atoms with Crippen LogP contribution in [0.5, 0.6) is 5.75 Å². The molecule has 1 atom stereocenters. The number of carbonyl (C=O) groups is 2. The zero-order valence-electron chi connectivity index (χ0n) is 31.7. The minimum absolute atomic E-state index is 0.0673. The first-order valence-corrected chi connectivity index (χ1v) is 17.5. The van der Waals surface area contributed by atoms with Gasteiger partial charge in [-0.05, 0) is 93.8 Å². The van der Waals surface area contributed by atoms with Crippen LogP contribution in [0.15, 0.2) is 42.5 Å². The molecule has 0 bridgehead atoms. The molecule has 1 N–H and O–H groups in total. The summed E-state index contributed by atoms with van der Waals surface area (Å²) in [6.45, 7) is 31.1. The minimum Gasteiger partial charge on any atom is -0.491 e. The topological polar surface area (TPSA) is 55.4 Å². The van der Waals surface area contributed by atoms with Crippen molar-refractivity contribution in [2.75, 3.05) is 0 Å². The number of benzene rings is 2. The van der Waals surface area contributed by atoms with Gasteiger partial charge in [-0.2, -0.15) is 0 Å². The van der Waals surface area contributed by atoms with Crippen LogP contribution < -0.4 is 10.1 Å². The molecular weight excluding hydrogens is 542 g/mol. The lowest BCUT2D eigenvalue weighted by molar-refractivity contribution is -0.107. The fourth-order valence-electron chi connectivity index (χ4n) is 3.57. The van der Waals surface area contributed by atoms with Crippen molar-refractivity contribution in [2.45, 2.75) is 167 Å². The summed E-state index contributed by atoms with van der Waals surface area (Å²) >= 11 is 0. The molecule has 2 rings (SSSR count). The number of unbranched alkanes of at least 4 members (excludes halogenated alkanes) is 1. The number of aryl methyl sites for hydroxylation is 3. The van der Waals surface area contributed by atoms with E-state index in [1.165, 1.54) is 36.0 Å². The van der Waals surface area contributed by atoms with Crippen molar-refractivity contribution in [3.8, 4) is 5.75 Å². The molecular formula is C40H73NO3. The van der Waals surface area contributed by atoms with Crippen LogP contribution in [-0.2, 0) is 11.2 Å². The van der Waals surface area contributed by atoms with E-state index in [-0.39, 0.29) is 12.0 Å². The Labute approximate surface area is 275 Å². The third kappa shape index (κ3) is 30.8. The molecule has 0 aliphatic carbocycles. The van der Waals surface area contributed by atoms with E-state index in [9.17, 15) is 9.59 Å². The van der Waals surface area contributed by atoms with Gasteiger partial charge in [-0.25, -0.2) is 0 Å². The smallest absolute Gasteiger partial charge is 0.251 e. The average Bonchev–Trinajstić information content (AvgIpc) is 2.99. The Bertz CT molecular complexity index is 902. The zero-order chi connectivity index (χ0) is 34.9. The number of ether oxygens (including phenoxy) is 1. The molecule has 0 aliphatic rings. The first kappa shape index (κ1) is 48.3. The summed E-state index contributed by atoms with van der Waals surface area (Å²) in [6, 6.07) is 14.6. The van der Waals surface area contributed by atoms with Crippen molar-refractivity contribution >= 4 is 12.2 Å². The van der Waals surface area contributed by atoms with Crippen LogP contribution in [0.25, 0.3) is 0 Å². The Hall–Kier alpha value is -2.62. The SMILES string of the molecule is CC.CC.CC(C)C.CCC=O.CCCCC(CCC)NC(=O)c1ccc(C)c(C)c1.CCCc1cccc(OC(C)C)c1. The molecule has 0 spiro atoms. The van der Waals surface area contributed by atoms with Crippen LogP contribution >= 0.6 is 0 Å². The maximum Gasteiger partial charge on any atom is 0.251 e. The fourth-order valence-corrected chi connectivity index (χ4v) is 3.57. The van der Waals surface area contributed by atoms with Crippen LogP contribution in [0.1, 0.15) is 162 Å². The summed E-state index contributed by atoms with van der Waals surface area (Å²) in [7, 11) is 0. The van der Waals surface area contributed by atoms with Crippen LogP contribution in [0.4, 0.5) is 0 Å². The summed E-state index contributed by atoms with van der Waals surface area (Å²) in [5, 5.41) is 3.18. The standard InChI is InChI=1S/C17H27NO.C12H18O.C4H10.C3H6O.2C2H6/c1-5-7-9-16(8-6-2)18-17(19)15-11-10-13(3)14(4)12-15;1-4-6-11-7-5-8-12(9-11)13-10(2)3;1-4(2)3;1-2-3-4;2*1-2/h10-12,16H,5-9H2,1-4H3,(H,18,19);5,7-10H,4,6H2,1-3H3;4H,1-3H3;3H,2H2,1H3;2*1-2H3. The first-order valence-electron chi connectivity index (χ1n) is 17.5. The van der Waals surface area contributed by atoms with E-state index in [1.807, 2.05) is 79.7 Å². The Kier molecular flexibility index (Phi) is 38.3. The summed E-state index contributed by atoms with van der Waals surface area (Å²) < 4.78 is 5.60. The maximum absolute atomic E-state index is 12.2. The predicted octanol–water partition coefficient (Wildman–Crippen LogP) is 12.1. The highest BCUT2D eigenvalue weighted by molar-refractivity contribution is 5.94. The van der Waals surface area contributed by atoms with Gasteiger partial charge >= 0.3 is 0 Å². The molecule has 0 aliphatic heterocycles. The third-order valence-corrected chi connectivity index (χ3v) is 5.62. The molecule has 0 radical (unpaired) electrons. The van der Waals surface area contributed by atoms with Gasteiger partial charge in [-0.3, -0.25) is 4.79 Å². The lowest BCUT2D eigenvalue weighted by Gasteiger charge is -2.18. The summed E-state index contributed by atoms with van der Waals surface area (Å²) in [5.41, 5.74) is 4.54. The highest BCUT2D eigenvalue weighted by atomic mass is 16.5. The van der Waals surface area contributed by atoms with Crippen molar-refractivity contribution in [3.63, 3.8) is 0 Å². The van der Waals surface area contributed by atoms with E-state index in [2.05, 4.69) is 72.0 Å². The zero-order valence-corrected chi connectivity index (χ0v) is 31.7. The van der Waals surface area contributed by atoms with E-state index < -0.39 is 0 Å². The molecule has 1 amide bonds. The van der Waals surface area contributed by atoms with Gasteiger partial charge in [0.05, 0.1) is 6.10 Å². The van der Waals surface area contributed by atoms with Gasteiger partial charge in [-0.15, -0.1) is 0 Å². The molecule has 2 aromatic carbocycles. The van der Waals surface area contributed by atoms with Crippen LogP contribution in [0.3, 0.4) is 0 Å². The van der Waals surface area contributed by atoms with E-state index >= 15 is 0 Å². The Morgan fingerprint density at radius 1 is 0.795 bits per heavy atom. The van der Waals surface area contributed by atoms with Gasteiger partial charge in [0.15, 0.2) is 0 Å². The van der Waals surface area contributed by atoms with Crippen molar-refractivity contribution in [1.29, 1.82) is 0 Å². The number of nitrogens with one attached hydrogen (secondary N) is 1. The van der Waals surface area contributed by atoms with Crippen molar-refractivity contribution < 1.29 is 14.3 Å². The van der Waals surface area contributed by atoms with Crippen LogP contribution in [0, 0.1) is 19.8 Å². The van der Waals surface area contributed by atoms with E-state index in [0.29, 0.717) is 12.5 Å². The van der Waals surface area contributed by atoms with Gasteiger partial charge in [0, 0.05) is 18.0 Å². The number of aldehydes is 1. The normalized spacial score (nSPS) is 10.0. The van der Waals surface area contributed by atoms with Crippen LogP contribution in [0.2, 0.25) is 0 Å². The molecule has 4 heteroatoms. The average molecular weight is 616 g/mol. The van der Waals surface area contributed by atoms with E-state index in [4.69, 9.17) is 4.74 Å². The van der Waals surface area contributed by atoms with Gasteiger partial charge in [0.1, 0.15) is 12.0 Å². The second kappa shape index (κ2) is 34.9. The molecule has 44 heavy (non-hydrogen) atoms. The molecule has 256 valence electrons. The Morgan fingerprint density at radius 2 is 1.36 bits per heavy atom. The number of hydrogen-bond acceptors (Lipinski definition) is 3. The first-order chi connectivity index (χ1) is 20.9. The quantitative estimate of drug-likeness (QED) is 0.242. The second-order valence-electron chi connectivity index (χ2n) is 11.3. The van der Waals surface area contributed by atoms with E-state index in [1.54, 1.807) is 0 Å². The largest absolute Gasteiger partial charge is 0.491 e. The van der Waals surface area contributed by atoms with Gasteiger partial charge in [0.2, 0.25) is 0 Å². The highest BCUT2D eigenvalue weighted by Crippen LogP contribution is 2.16. The monoisotopic (exact) mass is 616 g/mol. The maximum atomic E-state index is 12.2. The third-order valence-electron chi connectivity index (χ3n) is 5.62. The molecule has 1 unspecified atom stereocenters. The molecule has 0 aromatic heterocycles. The molecule has 0 fully saturated rings. The number of amides is 1. The van der Waals surface area contributed by atoms with Crippen molar-refractivity contribution in [2.24, 2.45) is 5.92 Å². The molecule has 4 nitrogen and oxygen atoms in total. The highest BCUT2D eigenvalue weighted by Gasteiger charge is 2.13. The van der Waals surface area contributed by atoms with Crippen LogP contribution in [-0.4, -0.2) is 24.3 Å². The number of carbonyl (C=O) groups excluding carboxylic acids is 2. The van der Waals surface area contributed by atoms with E-state index in [0.717, 1.165) is 49.2 Å². The summed E-state index contributed by atoms with van der Waals surface area (Å²) in [5.74, 6) is 1.89. The molecule has 2 aromatic rings. The van der Waals surface area contributed by atoms with Crippen molar-refractivity contribution in [3.05, 3.63) is 64.7 Å². The summed E-state index contributed by atoms with van der Waals surface area (Å²) in [4.78, 5) is 21.4. The Morgan fingerprint density at radius 3 is 1.80 bits per heavy atom. The Balaban J connectivity index is -0.000000275. The molecule has 0 heterocycles. The van der Waals surface area contributed by atoms with Crippen molar-refractivity contribution in [1.82, 2.24) is 5.32 Å². The van der Waals surface area contributed by atoms with Gasteiger partial charge < -0.3 is 14.8 Å². The summed E-state index contributed by atoms with van der Waals surface area (Å²) in [6.07, 6.45) is 9.72. The lowest BCUT2D eigenvalue weighted by atomic mass is 10.0. The molecule has 0 saturated heterocycles. The second-order valence-corrected chi connectivity index (χ2v) is 11.3. The lowest BCUT2D eigenvalue weighted by Crippen LogP contribution is -2.34. The number of rotatable bonds is 12. The van der Waals surface area contributed by atoms with Gasteiger partial charge in [-0.1, -0.05) is 120 Å². The van der Waals surface area contributed by atoms with Gasteiger partial charge in [0.25, 0.3) is 5.91 Å².